The van der Waals surface area contributed by atoms with Crippen molar-refractivity contribution in [2.75, 3.05) is 25.4 Å². The number of rotatable bonds is 5. The van der Waals surface area contributed by atoms with E-state index in [1.807, 2.05) is 38.1 Å². The molecule has 1 atom stereocenters. The Morgan fingerprint density at radius 3 is 2.68 bits per heavy atom. The topological polar surface area (TPSA) is 49.4 Å². The number of nitrogens with zero attached hydrogens (tertiary/aromatic N) is 1. The van der Waals surface area contributed by atoms with Gasteiger partial charge in [0.25, 0.3) is 0 Å². The van der Waals surface area contributed by atoms with Crippen LogP contribution < -0.4 is 5.32 Å². The number of hydrogen-bond acceptors (Lipinski definition) is 3. The van der Waals surface area contributed by atoms with Crippen molar-refractivity contribution in [3.63, 3.8) is 0 Å². The van der Waals surface area contributed by atoms with Gasteiger partial charge in [0, 0.05) is 24.7 Å². The minimum absolute atomic E-state index is 0. The molecule has 1 aliphatic rings. The standard InChI is InChI=1S/C15H23ClN2O2S.ClH/c1-12(2)7-10-21(19,20)18-9-8-17-11-15(18)13-5-3-4-6-14(13)16;/h3-6,12,15,17H,7-11H2,1-2H3;1H. The lowest BCUT2D eigenvalue weighted by Gasteiger charge is -2.36. The summed E-state index contributed by atoms with van der Waals surface area (Å²) in [5.74, 6) is 0.576. The maximum absolute atomic E-state index is 12.6. The Labute approximate surface area is 144 Å². The van der Waals surface area contributed by atoms with Crippen LogP contribution in [0.3, 0.4) is 0 Å². The molecule has 7 heteroatoms. The molecule has 1 saturated heterocycles. The molecule has 4 nitrogen and oxygen atoms in total. The van der Waals surface area contributed by atoms with Gasteiger partial charge in [-0.1, -0.05) is 43.6 Å². The van der Waals surface area contributed by atoms with E-state index in [0.29, 0.717) is 37.0 Å². The summed E-state index contributed by atoms with van der Waals surface area (Å²) in [6.45, 7) is 5.86. The fraction of sp³-hybridized carbons (Fsp3) is 0.600. The molecule has 0 bridgehead atoms. The van der Waals surface area contributed by atoms with Gasteiger partial charge >= 0.3 is 0 Å². The molecule has 2 rings (SSSR count). The molecule has 22 heavy (non-hydrogen) atoms. The molecule has 1 unspecified atom stereocenters. The number of benzene rings is 1. The van der Waals surface area contributed by atoms with Gasteiger partial charge in [-0.05, 0) is 24.0 Å². The van der Waals surface area contributed by atoms with Crippen molar-refractivity contribution in [3.05, 3.63) is 34.9 Å². The Morgan fingerprint density at radius 1 is 1.36 bits per heavy atom. The summed E-state index contributed by atoms with van der Waals surface area (Å²) in [5, 5.41) is 3.88. The molecule has 0 aromatic heterocycles. The van der Waals surface area contributed by atoms with E-state index in [0.717, 1.165) is 5.56 Å². The van der Waals surface area contributed by atoms with E-state index in [-0.39, 0.29) is 24.2 Å². The van der Waals surface area contributed by atoms with Crippen LogP contribution >= 0.6 is 24.0 Å². The molecule has 0 saturated carbocycles. The predicted octanol–water partition coefficient (Wildman–Crippen LogP) is 3.08. The normalized spacial score (nSPS) is 19.9. The highest BCUT2D eigenvalue weighted by molar-refractivity contribution is 7.89. The second kappa shape index (κ2) is 8.50. The quantitative estimate of drug-likeness (QED) is 0.870. The van der Waals surface area contributed by atoms with E-state index in [9.17, 15) is 8.42 Å². The van der Waals surface area contributed by atoms with Gasteiger partial charge in [-0.3, -0.25) is 0 Å². The lowest BCUT2D eigenvalue weighted by atomic mass is 10.1. The molecule has 0 amide bonds. The molecular weight excluding hydrogens is 343 g/mol. The van der Waals surface area contributed by atoms with Crippen LogP contribution in [-0.4, -0.2) is 38.1 Å². The minimum atomic E-state index is -3.26. The van der Waals surface area contributed by atoms with Crippen molar-refractivity contribution in [3.8, 4) is 0 Å². The summed E-state index contributed by atoms with van der Waals surface area (Å²) in [7, 11) is -3.26. The van der Waals surface area contributed by atoms with Crippen molar-refractivity contribution < 1.29 is 8.42 Å². The van der Waals surface area contributed by atoms with Crippen LogP contribution in [0.2, 0.25) is 5.02 Å². The van der Waals surface area contributed by atoms with Crippen molar-refractivity contribution in [1.29, 1.82) is 0 Å². The van der Waals surface area contributed by atoms with E-state index in [1.165, 1.54) is 0 Å². The number of hydrogen-bond donors (Lipinski definition) is 1. The third-order valence-corrected chi connectivity index (χ3v) is 6.02. The third kappa shape index (κ3) is 4.83. The van der Waals surface area contributed by atoms with Crippen LogP contribution in [0.1, 0.15) is 31.9 Å². The molecular formula is C15H24Cl2N2O2S. The molecule has 1 N–H and O–H groups in total. The second-order valence-electron chi connectivity index (χ2n) is 5.85. The van der Waals surface area contributed by atoms with E-state index >= 15 is 0 Å². The molecule has 1 aromatic rings. The summed E-state index contributed by atoms with van der Waals surface area (Å²) in [5.41, 5.74) is 0.875. The zero-order valence-electron chi connectivity index (χ0n) is 13.0. The fourth-order valence-electron chi connectivity index (χ4n) is 2.53. The van der Waals surface area contributed by atoms with Crippen molar-refractivity contribution in [2.24, 2.45) is 5.92 Å². The zero-order chi connectivity index (χ0) is 15.5. The SMILES string of the molecule is CC(C)CCS(=O)(=O)N1CCNCC1c1ccccc1Cl.Cl. The molecule has 1 heterocycles. The van der Waals surface area contributed by atoms with Crippen molar-refractivity contribution in [2.45, 2.75) is 26.3 Å². The fourth-order valence-corrected chi connectivity index (χ4v) is 4.74. The van der Waals surface area contributed by atoms with Crippen LogP contribution in [-0.2, 0) is 10.0 Å². The second-order valence-corrected chi connectivity index (χ2v) is 8.30. The van der Waals surface area contributed by atoms with Crippen LogP contribution in [0.5, 0.6) is 0 Å². The van der Waals surface area contributed by atoms with Crippen LogP contribution in [0.4, 0.5) is 0 Å². The Kier molecular flexibility index (Phi) is 7.62. The first-order valence-electron chi connectivity index (χ1n) is 7.36. The first-order chi connectivity index (χ1) is 9.92. The molecule has 0 radical (unpaired) electrons. The third-order valence-electron chi connectivity index (χ3n) is 3.77. The van der Waals surface area contributed by atoms with E-state index in [1.54, 1.807) is 4.31 Å². The predicted molar refractivity (Wildman–Crippen MR) is 94.3 cm³/mol. The first kappa shape index (κ1) is 19.7. The average molecular weight is 367 g/mol. The minimum Gasteiger partial charge on any atom is -0.313 e. The Hall–Kier alpha value is -0.330. The Morgan fingerprint density at radius 2 is 2.05 bits per heavy atom. The first-order valence-corrected chi connectivity index (χ1v) is 9.35. The lowest BCUT2D eigenvalue weighted by molar-refractivity contribution is 0.271. The van der Waals surface area contributed by atoms with Crippen molar-refractivity contribution in [1.82, 2.24) is 9.62 Å². The van der Waals surface area contributed by atoms with Crippen LogP contribution in [0, 0.1) is 5.92 Å². The van der Waals surface area contributed by atoms with Gasteiger partial charge < -0.3 is 5.32 Å². The van der Waals surface area contributed by atoms with Crippen molar-refractivity contribution >= 4 is 34.0 Å². The molecule has 1 aromatic carbocycles. The van der Waals surface area contributed by atoms with E-state index < -0.39 is 10.0 Å². The van der Waals surface area contributed by atoms with Gasteiger partial charge in [-0.15, -0.1) is 12.4 Å². The molecule has 0 spiro atoms. The van der Waals surface area contributed by atoms with E-state index in [4.69, 9.17) is 11.6 Å². The Bertz CT molecular complexity index is 579. The smallest absolute Gasteiger partial charge is 0.214 e. The van der Waals surface area contributed by atoms with Gasteiger partial charge in [0.05, 0.1) is 11.8 Å². The van der Waals surface area contributed by atoms with Crippen LogP contribution in [0.15, 0.2) is 24.3 Å². The Balaban J connectivity index is 0.00000242. The number of nitrogens with one attached hydrogen (secondary N) is 1. The summed E-state index contributed by atoms with van der Waals surface area (Å²) in [4.78, 5) is 0. The summed E-state index contributed by atoms with van der Waals surface area (Å²) in [6.07, 6.45) is 0.682. The highest BCUT2D eigenvalue weighted by atomic mass is 35.5. The molecule has 1 fully saturated rings. The summed E-state index contributed by atoms with van der Waals surface area (Å²) >= 11 is 6.25. The maximum Gasteiger partial charge on any atom is 0.214 e. The largest absolute Gasteiger partial charge is 0.313 e. The number of halogens is 2. The van der Waals surface area contributed by atoms with Gasteiger partial charge in [0.15, 0.2) is 0 Å². The highest BCUT2D eigenvalue weighted by Crippen LogP contribution is 2.30. The van der Waals surface area contributed by atoms with Gasteiger partial charge in [-0.25, -0.2) is 8.42 Å². The van der Waals surface area contributed by atoms with Gasteiger partial charge in [0.2, 0.25) is 10.0 Å². The number of piperazine rings is 1. The van der Waals surface area contributed by atoms with E-state index in [2.05, 4.69) is 5.32 Å². The monoisotopic (exact) mass is 366 g/mol. The van der Waals surface area contributed by atoms with Gasteiger partial charge in [0.1, 0.15) is 0 Å². The van der Waals surface area contributed by atoms with Gasteiger partial charge in [-0.2, -0.15) is 4.31 Å². The summed E-state index contributed by atoms with van der Waals surface area (Å²) < 4.78 is 26.9. The summed E-state index contributed by atoms with van der Waals surface area (Å²) in [6, 6.07) is 7.26. The molecule has 126 valence electrons. The molecule has 1 aliphatic heterocycles. The molecule has 0 aliphatic carbocycles. The lowest BCUT2D eigenvalue weighted by Crippen LogP contribution is -2.49. The van der Waals surface area contributed by atoms with Crippen LogP contribution in [0.25, 0.3) is 0 Å². The average Bonchev–Trinajstić information content (AvgIpc) is 2.46. The highest BCUT2D eigenvalue weighted by Gasteiger charge is 2.33. The maximum atomic E-state index is 12.6. The number of sulfonamides is 1. The zero-order valence-corrected chi connectivity index (χ0v) is 15.3.